The summed E-state index contributed by atoms with van der Waals surface area (Å²) in [5.41, 5.74) is 5.60. The fourth-order valence-corrected chi connectivity index (χ4v) is 3.90. The SMILES string of the molecule is CN(c1ccccc1)c1cc(C2C(=O)Nc3ccccc32)nc2ccccc12. The van der Waals surface area contributed by atoms with Crippen molar-refractivity contribution in [2.45, 2.75) is 5.92 Å². The summed E-state index contributed by atoms with van der Waals surface area (Å²) in [5.74, 6) is -0.430. The van der Waals surface area contributed by atoms with E-state index in [0.29, 0.717) is 0 Å². The molecule has 3 aromatic carbocycles. The minimum absolute atomic E-state index is 0.0303. The van der Waals surface area contributed by atoms with Crippen molar-refractivity contribution < 1.29 is 4.79 Å². The van der Waals surface area contributed by atoms with Crippen molar-refractivity contribution in [1.29, 1.82) is 0 Å². The van der Waals surface area contributed by atoms with E-state index in [1.54, 1.807) is 0 Å². The Bertz CT molecular complexity index is 1190. The number of rotatable bonds is 3. The summed E-state index contributed by atoms with van der Waals surface area (Å²) in [6, 6.07) is 28.2. The molecule has 28 heavy (non-hydrogen) atoms. The van der Waals surface area contributed by atoms with Gasteiger partial charge >= 0.3 is 0 Å². The first-order chi connectivity index (χ1) is 13.7. The standard InChI is InChI=1S/C24H19N3O/c1-27(16-9-3-2-4-10-16)22-15-21(25-19-13-7-5-11-17(19)22)23-18-12-6-8-14-20(18)26-24(23)28/h2-15,23H,1H3,(H,26,28). The first-order valence-electron chi connectivity index (χ1n) is 9.30. The van der Waals surface area contributed by atoms with Gasteiger partial charge in [0, 0.05) is 23.8 Å². The molecule has 1 aromatic heterocycles. The van der Waals surface area contributed by atoms with Crippen LogP contribution in [0.4, 0.5) is 17.1 Å². The summed E-state index contributed by atoms with van der Waals surface area (Å²) in [7, 11) is 2.05. The van der Waals surface area contributed by atoms with Gasteiger partial charge < -0.3 is 10.2 Å². The van der Waals surface area contributed by atoms with Crippen LogP contribution in [0.1, 0.15) is 17.2 Å². The van der Waals surface area contributed by atoms with E-state index >= 15 is 0 Å². The van der Waals surface area contributed by atoms with Gasteiger partial charge in [0.2, 0.25) is 5.91 Å². The summed E-state index contributed by atoms with van der Waals surface area (Å²) < 4.78 is 0. The van der Waals surface area contributed by atoms with E-state index < -0.39 is 5.92 Å². The molecule has 0 saturated carbocycles. The van der Waals surface area contributed by atoms with Crippen LogP contribution in [0, 0.1) is 0 Å². The summed E-state index contributed by atoms with van der Waals surface area (Å²) in [4.78, 5) is 19.8. The molecule has 0 fully saturated rings. The van der Waals surface area contributed by atoms with Crippen molar-refractivity contribution in [3.63, 3.8) is 0 Å². The van der Waals surface area contributed by atoms with E-state index in [1.807, 2.05) is 73.8 Å². The highest BCUT2D eigenvalue weighted by atomic mass is 16.2. The van der Waals surface area contributed by atoms with Gasteiger partial charge in [-0.05, 0) is 35.9 Å². The highest BCUT2D eigenvalue weighted by Gasteiger charge is 2.33. The second kappa shape index (κ2) is 6.50. The zero-order valence-electron chi connectivity index (χ0n) is 15.5. The predicted octanol–water partition coefficient (Wildman–Crippen LogP) is 5.09. The first-order valence-corrected chi connectivity index (χ1v) is 9.30. The smallest absolute Gasteiger partial charge is 0.238 e. The first kappa shape index (κ1) is 16.5. The molecule has 0 radical (unpaired) electrons. The second-order valence-electron chi connectivity index (χ2n) is 6.99. The number of para-hydroxylation sites is 3. The number of nitrogens with one attached hydrogen (secondary N) is 1. The molecule has 1 N–H and O–H groups in total. The van der Waals surface area contributed by atoms with E-state index in [1.165, 1.54) is 0 Å². The summed E-state index contributed by atoms with van der Waals surface area (Å²) in [6.45, 7) is 0. The summed E-state index contributed by atoms with van der Waals surface area (Å²) >= 11 is 0. The Hall–Kier alpha value is -3.66. The Labute approximate surface area is 163 Å². The van der Waals surface area contributed by atoms with Gasteiger partial charge in [-0.25, -0.2) is 0 Å². The van der Waals surface area contributed by atoms with Crippen LogP contribution in [0.2, 0.25) is 0 Å². The number of amides is 1. The third-order valence-corrected chi connectivity index (χ3v) is 5.31. The zero-order valence-corrected chi connectivity index (χ0v) is 15.5. The molecule has 1 atom stereocenters. The normalized spacial score (nSPS) is 15.3. The van der Waals surface area contributed by atoms with Crippen LogP contribution in [0.5, 0.6) is 0 Å². The number of carbonyl (C=O) groups is 1. The number of anilines is 3. The maximum Gasteiger partial charge on any atom is 0.238 e. The quantitative estimate of drug-likeness (QED) is 0.550. The molecule has 0 bridgehead atoms. The van der Waals surface area contributed by atoms with Gasteiger partial charge in [-0.15, -0.1) is 0 Å². The largest absolute Gasteiger partial charge is 0.344 e. The van der Waals surface area contributed by atoms with Gasteiger partial charge in [-0.2, -0.15) is 0 Å². The zero-order chi connectivity index (χ0) is 19.1. The maximum atomic E-state index is 12.8. The number of carbonyl (C=O) groups excluding carboxylic acids is 1. The molecule has 5 rings (SSSR count). The minimum Gasteiger partial charge on any atom is -0.344 e. The molecule has 1 unspecified atom stereocenters. The van der Waals surface area contributed by atoms with Crippen LogP contribution in [0.25, 0.3) is 10.9 Å². The molecule has 4 heteroatoms. The van der Waals surface area contributed by atoms with E-state index in [2.05, 4.69) is 28.4 Å². The van der Waals surface area contributed by atoms with Crippen LogP contribution in [0.15, 0.2) is 84.9 Å². The number of hydrogen-bond donors (Lipinski definition) is 1. The maximum absolute atomic E-state index is 12.8. The molecule has 1 aliphatic heterocycles. The van der Waals surface area contributed by atoms with Crippen LogP contribution >= 0.6 is 0 Å². The Morgan fingerprint density at radius 3 is 2.46 bits per heavy atom. The average Bonchev–Trinajstić information content (AvgIpc) is 3.08. The van der Waals surface area contributed by atoms with E-state index in [0.717, 1.165) is 39.2 Å². The molecule has 136 valence electrons. The molecule has 0 spiro atoms. The molecule has 0 saturated heterocycles. The number of benzene rings is 3. The summed E-state index contributed by atoms with van der Waals surface area (Å²) in [6.07, 6.45) is 0. The molecule has 0 aliphatic carbocycles. The monoisotopic (exact) mass is 365 g/mol. The predicted molar refractivity (Wildman–Crippen MR) is 113 cm³/mol. The Balaban J connectivity index is 1.71. The third kappa shape index (κ3) is 2.62. The molecular weight excluding hydrogens is 346 g/mol. The van der Waals surface area contributed by atoms with Gasteiger partial charge in [-0.1, -0.05) is 54.6 Å². The third-order valence-electron chi connectivity index (χ3n) is 5.31. The molecule has 2 heterocycles. The number of hydrogen-bond acceptors (Lipinski definition) is 3. The van der Waals surface area contributed by atoms with Crippen LogP contribution < -0.4 is 10.2 Å². The van der Waals surface area contributed by atoms with Gasteiger partial charge in [0.25, 0.3) is 0 Å². The topological polar surface area (TPSA) is 45.2 Å². The van der Waals surface area contributed by atoms with Crippen molar-refractivity contribution in [3.8, 4) is 0 Å². The van der Waals surface area contributed by atoms with Crippen LogP contribution in [-0.2, 0) is 4.79 Å². The number of fused-ring (bicyclic) bond motifs is 2. The van der Waals surface area contributed by atoms with Gasteiger partial charge in [0.05, 0.1) is 16.9 Å². The van der Waals surface area contributed by atoms with E-state index in [9.17, 15) is 4.79 Å². The van der Waals surface area contributed by atoms with Gasteiger partial charge in [-0.3, -0.25) is 9.78 Å². The van der Waals surface area contributed by atoms with Crippen LogP contribution in [0.3, 0.4) is 0 Å². The highest BCUT2D eigenvalue weighted by Crippen LogP contribution is 2.39. The Morgan fingerprint density at radius 2 is 1.61 bits per heavy atom. The van der Waals surface area contributed by atoms with Crippen molar-refractivity contribution in [2.24, 2.45) is 0 Å². The Morgan fingerprint density at radius 1 is 0.893 bits per heavy atom. The number of pyridine rings is 1. The van der Waals surface area contributed by atoms with E-state index in [-0.39, 0.29) is 5.91 Å². The Kier molecular flexibility index (Phi) is 3.83. The fourth-order valence-electron chi connectivity index (χ4n) is 3.90. The lowest BCUT2D eigenvalue weighted by molar-refractivity contribution is -0.116. The van der Waals surface area contributed by atoms with Crippen molar-refractivity contribution >= 4 is 33.9 Å². The molecule has 4 aromatic rings. The lowest BCUT2D eigenvalue weighted by Gasteiger charge is -2.23. The summed E-state index contributed by atoms with van der Waals surface area (Å²) in [5, 5.41) is 4.04. The lowest BCUT2D eigenvalue weighted by atomic mass is 9.95. The van der Waals surface area contributed by atoms with E-state index in [4.69, 9.17) is 4.98 Å². The van der Waals surface area contributed by atoms with Gasteiger partial charge in [0.15, 0.2) is 0 Å². The fraction of sp³-hybridized carbons (Fsp3) is 0.0833. The van der Waals surface area contributed by atoms with Crippen molar-refractivity contribution in [2.75, 3.05) is 17.3 Å². The lowest BCUT2D eigenvalue weighted by Crippen LogP contribution is -2.16. The highest BCUT2D eigenvalue weighted by molar-refractivity contribution is 6.05. The van der Waals surface area contributed by atoms with Crippen molar-refractivity contribution in [1.82, 2.24) is 4.98 Å². The average molecular weight is 365 g/mol. The van der Waals surface area contributed by atoms with Crippen molar-refractivity contribution in [3.05, 3.63) is 96.2 Å². The minimum atomic E-state index is -0.399. The number of aromatic nitrogens is 1. The molecule has 4 nitrogen and oxygen atoms in total. The molecule has 1 aliphatic rings. The number of nitrogens with zero attached hydrogens (tertiary/aromatic N) is 2. The van der Waals surface area contributed by atoms with Crippen LogP contribution in [-0.4, -0.2) is 17.9 Å². The molecule has 1 amide bonds. The second-order valence-corrected chi connectivity index (χ2v) is 6.99. The molecular formula is C24H19N3O. The van der Waals surface area contributed by atoms with Gasteiger partial charge in [0.1, 0.15) is 5.92 Å².